The molecule has 0 bridgehead atoms. The Balaban J connectivity index is 4.22. The maximum absolute atomic E-state index is 3.64. The molecule has 0 nitrogen and oxygen atoms in total. The van der Waals surface area contributed by atoms with Crippen LogP contribution in [0.25, 0.3) is 0 Å². The van der Waals surface area contributed by atoms with Crippen LogP contribution >= 0.6 is 0 Å². The first-order valence-electron chi connectivity index (χ1n) is 4.21. The first kappa shape index (κ1) is 10.2. The van der Waals surface area contributed by atoms with Crippen LogP contribution in [-0.4, -0.2) is 0 Å². The first-order chi connectivity index (χ1) is 5.22. The van der Waals surface area contributed by atoms with Gasteiger partial charge in [-0.05, 0) is 17.9 Å². The number of hydrogen-bond donors (Lipinski definition) is 0. The molecule has 0 unspecified atom stereocenters. The highest BCUT2D eigenvalue weighted by molar-refractivity contribution is 5.22. The number of hydrogen-bond acceptors (Lipinski definition) is 0. The highest BCUT2D eigenvalue weighted by Crippen LogP contribution is 2.11. The summed E-state index contributed by atoms with van der Waals surface area (Å²) >= 11 is 0. The third kappa shape index (κ3) is 4.60. The van der Waals surface area contributed by atoms with E-state index < -0.39 is 0 Å². The van der Waals surface area contributed by atoms with Crippen molar-refractivity contribution in [2.45, 2.75) is 27.2 Å². The predicted molar refractivity (Wildman–Crippen MR) is 52.5 cm³/mol. The molecule has 0 aliphatic rings. The lowest BCUT2D eigenvalue weighted by Crippen LogP contribution is -1.89. The van der Waals surface area contributed by atoms with Gasteiger partial charge >= 0.3 is 0 Å². The molecular formula is C11H18. The van der Waals surface area contributed by atoms with Crippen molar-refractivity contribution < 1.29 is 0 Å². The Morgan fingerprint density at radius 3 is 2.45 bits per heavy atom. The smallest absolute Gasteiger partial charge is 0.0222 e. The summed E-state index contributed by atoms with van der Waals surface area (Å²) in [6.07, 6.45) is 9.29. The van der Waals surface area contributed by atoms with Crippen LogP contribution in [0.1, 0.15) is 27.2 Å². The second-order valence-electron chi connectivity index (χ2n) is 2.86. The molecule has 0 spiro atoms. The number of rotatable bonds is 4. The Labute approximate surface area is 70.3 Å². The van der Waals surface area contributed by atoms with Crippen LogP contribution in [0.2, 0.25) is 0 Å². The largest absolute Gasteiger partial charge is 0.0991 e. The van der Waals surface area contributed by atoms with Gasteiger partial charge < -0.3 is 0 Å². The molecule has 0 heteroatoms. The summed E-state index contributed by atoms with van der Waals surface area (Å²) in [5.41, 5.74) is 1.40. The Morgan fingerprint density at radius 1 is 1.45 bits per heavy atom. The monoisotopic (exact) mass is 150 g/mol. The van der Waals surface area contributed by atoms with Crippen LogP contribution in [0.4, 0.5) is 0 Å². The molecule has 0 aliphatic heterocycles. The lowest BCUT2D eigenvalue weighted by Gasteiger charge is -2.04. The first-order valence-corrected chi connectivity index (χ1v) is 4.21. The van der Waals surface area contributed by atoms with E-state index in [1.165, 1.54) is 5.57 Å². The average Bonchev–Trinajstić information content (AvgIpc) is 1.97. The zero-order valence-electron chi connectivity index (χ0n) is 7.80. The Morgan fingerprint density at radius 2 is 2.09 bits per heavy atom. The van der Waals surface area contributed by atoms with E-state index in [1.54, 1.807) is 0 Å². The lowest BCUT2D eigenvalue weighted by atomic mass is 10.0. The minimum absolute atomic E-state index is 0.617. The van der Waals surface area contributed by atoms with E-state index in [0.717, 1.165) is 6.42 Å². The molecule has 0 atom stereocenters. The highest BCUT2D eigenvalue weighted by atomic mass is 14.0. The second-order valence-corrected chi connectivity index (χ2v) is 2.86. The fourth-order valence-electron chi connectivity index (χ4n) is 0.911. The Hall–Kier alpha value is -0.780. The zero-order valence-corrected chi connectivity index (χ0v) is 7.80. The van der Waals surface area contributed by atoms with Crippen molar-refractivity contribution in [2.75, 3.05) is 0 Å². The van der Waals surface area contributed by atoms with Crippen molar-refractivity contribution >= 4 is 0 Å². The molecule has 0 rings (SSSR count). The van der Waals surface area contributed by atoms with Crippen molar-refractivity contribution in [3.05, 3.63) is 36.5 Å². The van der Waals surface area contributed by atoms with E-state index >= 15 is 0 Å². The highest BCUT2D eigenvalue weighted by Gasteiger charge is 1.95. The summed E-state index contributed by atoms with van der Waals surface area (Å²) in [5, 5.41) is 0. The maximum atomic E-state index is 3.64. The molecule has 0 aromatic carbocycles. The van der Waals surface area contributed by atoms with Gasteiger partial charge in [-0.3, -0.25) is 0 Å². The summed E-state index contributed by atoms with van der Waals surface area (Å²) in [6.45, 7) is 10.2. The molecule has 0 fully saturated rings. The third-order valence-electron chi connectivity index (χ3n) is 1.53. The van der Waals surface area contributed by atoms with Crippen molar-refractivity contribution in [1.82, 2.24) is 0 Å². The van der Waals surface area contributed by atoms with Gasteiger partial charge in [-0.15, -0.1) is 0 Å². The van der Waals surface area contributed by atoms with E-state index in [1.807, 2.05) is 12.2 Å². The molecule has 0 aliphatic carbocycles. The second kappa shape index (κ2) is 5.96. The molecule has 62 valence electrons. The van der Waals surface area contributed by atoms with Crippen LogP contribution in [0.15, 0.2) is 36.5 Å². The molecule has 0 aromatic rings. The molecule has 0 amide bonds. The summed E-state index contributed by atoms with van der Waals surface area (Å²) in [5.74, 6) is 0.617. The van der Waals surface area contributed by atoms with Crippen molar-refractivity contribution in [3.63, 3.8) is 0 Å². The van der Waals surface area contributed by atoms with Crippen LogP contribution in [-0.2, 0) is 0 Å². The molecular weight excluding hydrogens is 132 g/mol. The van der Waals surface area contributed by atoms with E-state index in [9.17, 15) is 0 Å². The van der Waals surface area contributed by atoms with Crippen LogP contribution < -0.4 is 0 Å². The van der Waals surface area contributed by atoms with Crippen molar-refractivity contribution in [2.24, 2.45) is 5.92 Å². The van der Waals surface area contributed by atoms with Gasteiger partial charge in [0.1, 0.15) is 0 Å². The van der Waals surface area contributed by atoms with Crippen molar-refractivity contribution in [3.8, 4) is 0 Å². The maximum Gasteiger partial charge on any atom is -0.0222 e. The van der Waals surface area contributed by atoms with E-state index in [-0.39, 0.29) is 0 Å². The summed E-state index contributed by atoms with van der Waals surface area (Å²) in [7, 11) is 0. The summed E-state index contributed by atoms with van der Waals surface area (Å²) < 4.78 is 0. The molecule has 0 saturated heterocycles. The quantitative estimate of drug-likeness (QED) is 0.536. The van der Waals surface area contributed by atoms with Gasteiger partial charge in [0.15, 0.2) is 0 Å². The lowest BCUT2D eigenvalue weighted by molar-refractivity contribution is 0.785. The molecule has 0 radical (unpaired) electrons. The van der Waals surface area contributed by atoms with Gasteiger partial charge in [-0.2, -0.15) is 0 Å². The van der Waals surface area contributed by atoms with Gasteiger partial charge in [-0.25, -0.2) is 0 Å². The van der Waals surface area contributed by atoms with Gasteiger partial charge in [0.05, 0.1) is 0 Å². The molecule has 0 N–H and O–H groups in total. The van der Waals surface area contributed by atoms with Gasteiger partial charge in [0.2, 0.25) is 0 Å². The molecule has 0 aromatic heterocycles. The zero-order chi connectivity index (χ0) is 8.69. The Kier molecular flexibility index (Phi) is 5.54. The standard InChI is InChI=1S/C11H18/c1-5-7-9-11(8-6-2)10(3)4/h5,7-10H,1,6H2,2-4H3/b9-7-,11-8+. The van der Waals surface area contributed by atoms with Crippen LogP contribution in [0.3, 0.4) is 0 Å². The molecule has 11 heavy (non-hydrogen) atoms. The fourth-order valence-corrected chi connectivity index (χ4v) is 0.911. The van der Waals surface area contributed by atoms with E-state index in [0.29, 0.717) is 5.92 Å². The van der Waals surface area contributed by atoms with Gasteiger partial charge in [0.25, 0.3) is 0 Å². The molecule has 0 heterocycles. The average molecular weight is 150 g/mol. The Bertz CT molecular complexity index is 159. The van der Waals surface area contributed by atoms with E-state index in [4.69, 9.17) is 0 Å². The van der Waals surface area contributed by atoms with Crippen LogP contribution in [0, 0.1) is 5.92 Å². The molecule has 0 saturated carbocycles. The minimum Gasteiger partial charge on any atom is -0.0991 e. The summed E-state index contributed by atoms with van der Waals surface area (Å²) in [6, 6.07) is 0. The van der Waals surface area contributed by atoms with Gasteiger partial charge in [-0.1, -0.05) is 51.7 Å². The minimum atomic E-state index is 0.617. The number of allylic oxidation sites excluding steroid dienone is 5. The van der Waals surface area contributed by atoms with Crippen molar-refractivity contribution in [1.29, 1.82) is 0 Å². The SMILES string of the molecule is C=C/C=C\C(=C/CC)C(C)C. The fraction of sp³-hybridized carbons (Fsp3) is 0.455. The van der Waals surface area contributed by atoms with Gasteiger partial charge in [0, 0.05) is 0 Å². The predicted octanol–water partition coefficient (Wildman–Crippen LogP) is 3.72. The van der Waals surface area contributed by atoms with E-state index in [2.05, 4.69) is 39.5 Å². The van der Waals surface area contributed by atoms with Crippen LogP contribution in [0.5, 0.6) is 0 Å². The third-order valence-corrected chi connectivity index (χ3v) is 1.53. The summed E-state index contributed by atoms with van der Waals surface area (Å²) in [4.78, 5) is 0. The topological polar surface area (TPSA) is 0 Å². The normalized spacial score (nSPS) is 12.9.